The maximum atomic E-state index is 11.3. The minimum absolute atomic E-state index is 0.677. The van der Waals surface area contributed by atoms with Crippen molar-refractivity contribution in [3.05, 3.63) is 12.2 Å². The Hall–Kier alpha value is -0.253. The third-order valence-electron chi connectivity index (χ3n) is 0.585. The zero-order valence-corrected chi connectivity index (χ0v) is 5.50. The average Bonchev–Trinajstić information content (AvgIpc) is 1.59. The zero-order chi connectivity index (χ0) is 6.62. The molecule has 0 atom stereocenters. The Labute approximate surface area is 47.5 Å². The van der Waals surface area contributed by atoms with E-state index in [4.69, 9.17) is 0 Å². The fraction of sp³-hybridized carbons (Fsp3) is 0.500. The van der Waals surface area contributed by atoms with Gasteiger partial charge in [0.15, 0.2) is 0 Å². The van der Waals surface area contributed by atoms with Crippen LogP contribution in [0.3, 0.4) is 0 Å². The van der Waals surface area contributed by atoms with Crippen LogP contribution in [0.1, 0.15) is 6.92 Å². The normalized spacial score (nSPS) is 13.0. The van der Waals surface area contributed by atoms with Gasteiger partial charge in [0.25, 0.3) is 0 Å². The first-order valence-corrected chi connectivity index (χ1v) is 4.08. The van der Waals surface area contributed by atoms with Crippen molar-refractivity contribution in [1.29, 1.82) is 0 Å². The lowest BCUT2D eigenvalue weighted by Crippen LogP contribution is -2.11. The van der Waals surface area contributed by atoms with E-state index in [9.17, 15) is 12.3 Å². The van der Waals surface area contributed by atoms with Gasteiger partial charge in [0.1, 0.15) is 0 Å². The van der Waals surface area contributed by atoms with Crippen molar-refractivity contribution in [2.24, 2.45) is 0 Å². The van der Waals surface area contributed by atoms with E-state index in [1.165, 1.54) is 6.08 Å². The van der Waals surface area contributed by atoms with E-state index in [-0.39, 0.29) is 0 Å². The minimum atomic E-state index is -5.26. The first kappa shape index (κ1) is 7.75. The Morgan fingerprint density at radius 1 is 1.38 bits per heavy atom. The molecule has 0 saturated heterocycles. The van der Waals surface area contributed by atoms with E-state index >= 15 is 0 Å². The Kier molecular flexibility index (Phi) is 2.82. The van der Waals surface area contributed by atoms with Gasteiger partial charge >= 0.3 is 9.08 Å². The summed E-state index contributed by atoms with van der Waals surface area (Å²) in [6, 6.07) is -0.677. The Balaban J connectivity index is 3.39. The van der Waals surface area contributed by atoms with Gasteiger partial charge in [-0.05, 0) is 6.92 Å². The molecule has 0 heterocycles. The molecule has 0 aromatic heterocycles. The van der Waals surface area contributed by atoms with Gasteiger partial charge in [-0.1, -0.05) is 12.2 Å². The van der Waals surface area contributed by atoms with E-state index < -0.39 is 15.1 Å². The molecule has 0 aliphatic rings. The van der Waals surface area contributed by atoms with Crippen LogP contribution in [0.4, 0.5) is 12.3 Å². The second-order valence-corrected chi connectivity index (χ2v) is 3.03. The van der Waals surface area contributed by atoms with Crippen molar-refractivity contribution in [2.75, 3.05) is 0 Å². The predicted molar refractivity (Wildman–Crippen MR) is 28.7 cm³/mol. The standard InChI is InChI=1S/C4H7F3Si/c1-2-3-4-8(5,6)7/h2-3H,4H2,1H3/b3-2-. The number of rotatable bonds is 2. The van der Waals surface area contributed by atoms with E-state index in [1.807, 2.05) is 0 Å². The van der Waals surface area contributed by atoms with Crippen molar-refractivity contribution < 1.29 is 12.3 Å². The highest BCUT2D eigenvalue weighted by atomic mass is 28.5. The molecule has 0 aliphatic carbocycles. The van der Waals surface area contributed by atoms with Gasteiger partial charge in [-0.2, -0.15) is 0 Å². The fourth-order valence-corrected chi connectivity index (χ4v) is 0.754. The van der Waals surface area contributed by atoms with Crippen molar-refractivity contribution in [2.45, 2.75) is 13.0 Å². The van der Waals surface area contributed by atoms with Crippen LogP contribution in [-0.4, -0.2) is 9.08 Å². The van der Waals surface area contributed by atoms with Gasteiger partial charge in [0, 0.05) is 6.04 Å². The summed E-state index contributed by atoms with van der Waals surface area (Å²) in [4.78, 5) is 0. The van der Waals surface area contributed by atoms with Crippen LogP contribution in [0.2, 0.25) is 6.04 Å². The fourth-order valence-electron chi connectivity index (χ4n) is 0.251. The second-order valence-electron chi connectivity index (χ2n) is 1.39. The van der Waals surface area contributed by atoms with E-state index in [1.54, 1.807) is 6.92 Å². The smallest absolute Gasteiger partial charge is 0.237 e. The molecule has 0 bridgehead atoms. The average molecular weight is 140 g/mol. The number of allylic oxidation sites excluding steroid dienone is 2. The van der Waals surface area contributed by atoms with E-state index in [0.717, 1.165) is 6.08 Å². The molecule has 8 heavy (non-hydrogen) atoms. The topological polar surface area (TPSA) is 0 Å². The largest absolute Gasteiger partial charge is 0.620 e. The van der Waals surface area contributed by atoms with Crippen LogP contribution in [0, 0.1) is 0 Å². The zero-order valence-electron chi connectivity index (χ0n) is 4.50. The van der Waals surface area contributed by atoms with Crippen molar-refractivity contribution in [3.8, 4) is 0 Å². The van der Waals surface area contributed by atoms with Crippen molar-refractivity contribution in [3.63, 3.8) is 0 Å². The molecule has 0 aromatic rings. The first-order valence-electron chi connectivity index (χ1n) is 2.24. The summed E-state index contributed by atoms with van der Waals surface area (Å²) in [6.07, 6.45) is 2.56. The van der Waals surface area contributed by atoms with E-state index in [0.29, 0.717) is 0 Å². The summed E-state index contributed by atoms with van der Waals surface area (Å²) in [5, 5.41) is 0. The Morgan fingerprint density at radius 3 is 2.00 bits per heavy atom. The summed E-state index contributed by atoms with van der Waals surface area (Å²) in [7, 11) is -5.26. The van der Waals surface area contributed by atoms with Gasteiger partial charge in [-0.25, -0.2) is 12.3 Å². The molecule has 0 nitrogen and oxygen atoms in total. The molecule has 0 rings (SSSR count). The maximum Gasteiger partial charge on any atom is 0.620 e. The molecule has 0 aromatic carbocycles. The predicted octanol–water partition coefficient (Wildman–Crippen LogP) is 2.41. The summed E-state index contributed by atoms with van der Waals surface area (Å²) < 4.78 is 34.0. The highest BCUT2D eigenvalue weighted by molar-refractivity contribution is 6.58. The summed E-state index contributed by atoms with van der Waals surface area (Å²) >= 11 is 0. The number of halogens is 3. The lowest BCUT2D eigenvalue weighted by atomic mass is 10.6. The van der Waals surface area contributed by atoms with Gasteiger partial charge < -0.3 is 0 Å². The molecule has 0 radical (unpaired) electrons. The van der Waals surface area contributed by atoms with Gasteiger partial charge in [-0.15, -0.1) is 0 Å². The molecular weight excluding hydrogens is 133 g/mol. The highest BCUT2D eigenvalue weighted by Crippen LogP contribution is 2.14. The summed E-state index contributed by atoms with van der Waals surface area (Å²) in [6.45, 7) is 1.58. The minimum Gasteiger partial charge on any atom is -0.237 e. The van der Waals surface area contributed by atoms with Crippen LogP contribution >= 0.6 is 0 Å². The lowest BCUT2D eigenvalue weighted by Gasteiger charge is -1.93. The van der Waals surface area contributed by atoms with Crippen LogP contribution in [-0.2, 0) is 0 Å². The van der Waals surface area contributed by atoms with Gasteiger partial charge in [0.2, 0.25) is 0 Å². The molecule has 0 amide bonds. The molecule has 0 spiro atoms. The molecule has 48 valence electrons. The molecule has 0 unspecified atom stereocenters. The quantitative estimate of drug-likeness (QED) is 0.314. The first-order chi connectivity index (χ1) is 3.56. The maximum absolute atomic E-state index is 11.3. The van der Waals surface area contributed by atoms with Crippen molar-refractivity contribution >= 4 is 9.08 Å². The van der Waals surface area contributed by atoms with Crippen LogP contribution in [0.25, 0.3) is 0 Å². The van der Waals surface area contributed by atoms with Crippen LogP contribution < -0.4 is 0 Å². The monoisotopic (exact) mass is 140 g/mol. The number of hydrogen-bond acceptors (Lipinski definition) is 0. The SMILES string of the molecule is C/C=C\C[Si](F)(F)F. The van der Waals surface area contributed by atoms with Crippen LogP contribution in [0.15, 0.2) is 12.2 Å². The Morgan fingerprint density at radius 2 is 1.88 bits per heavy atom. The highest BCUT2D eigenvalue weighted by Gasteiger charge is 2.34. The molecular formula is C4H7F3Si. The van der Waals surface area contributed by atoms with E-state index in [2.05, 4.69) is 0 Å². The Bertz CT molecular complexity index is 83.8. The number of hydrogen-bond donors (Lipinski definition) is 0. The second kappa shape index (κ2) is 2.91. The third kappa shape index (κ3) is 5.75. The molecule has 0 aliphatic heterocycles. The molecule has 0 N–H and O–H groups in total. The van der Waals surface area contributed by atoms with Crippen molar-refractivity contribution in [1.82, 2.24) is 0 Å². The van der Waals surface area contributed by atoms with Crippen LogP contribution in [0.5, 0.6) is 0 Å². The summed E-state index contributed by atoms with van der Waals surface area (Å²) in [5.74, 6) is 0. The summed E-state index contributed by atoms with van der Waals surface area (Å²) in [5.41, 5.74) is 0. The van der Waals surface area contributed by atoms with Gasteiger partial charge in [0.05, 0.1) is 0 Å². The molecule has 0 fully saturated rings. The molecule has 4 heteroatoms. The van der Waals surface area contributed by atoms with Gasteiger partial charge in [-0.3, -0.25) is 0 Å². The third-order valence-corrected chi connectivity index (χ3v) is 1.28. The lowest BCUT2D eigenvalue weighted by molar-refractivity contribution is 0.478. The molecule has 0 saturated carbocycles.